The molecule has 0 bridgehead atoms. The molecule has 0 heterocycles. The Labute approximate surface area is 604 Å². The third kappa shape index (κ3) is 71.1. The largest absolute Gasteiger partial charge is 0.472 e. The first-order valence-electron chi connectivity index (χ1n) is 37.7. The van der Waals surface area contributed by atoms with Gasteiger partial charge < -0.3 is 33.8 Å². The quantitative estimate of drug-likeness (QED) is 0.0169. The van der Waals surface area contributed by atoms with Crippen molar-refractivity contribution in [3.05, 3.63) is 158 Å². The maximum atomic E-state index is 13.1. The molecule has 19 heteroatoms. The van der Waals surface area contributed by atoms with E-state index in [9.17, 15) is 43.2 Å². The van der Waals surface area contributed by atoms with Gasteiger partial charge in [0.15, 0.2) is 12.2 Å². The smallest absolute Gasteiger partial charge is 0.462 e. The van der Waals surface area contributed by atoms with Crippen molar-refractivity contribution in [2.45, 2.75) is 290 Å². The van der Waals surface area contributed by atoms with Crippen LogP contribution < -0.4 is 0 Å². The molecule has 17 nitrogen and oxygen atoms in total. The Morgan fingerprint density at radius 1 is 0.300 bits per heavy atom. The third-order valence-electron chi connectivity index (χ3n) is 15.0. The highest BCUT2D eigenvalue weighted by Gasteiger charge is 2.30. The van der Waals surface area contributed by atoms with Crippen LogP contribution in [0.25, 0.3) is 0 Å². The standard InChI is InChI=1S/C81H132O17P2/c1-5-9-13-17-21-25-29-32-35-36-37-38-41-43-47-50-54-58-62-66-79(84)91-71-76(97-80(85)67-63-59-55-51-45-28-24-20-16-12-8-4)73-95-99(87,88)93-69-75(82)70-94-100(89,90)96-74-77(98-81(86)68-64-60-56-52-48-44-40-34-31-27-23-19-15-11-7-3)72-92-78(83)65-61-57-53-49-46-42-39-33-30-26-22-18-14-10-6-2/h10-11,14-15,20-27,32-35,37-40,46,48-49,52,57,61,75-77,82H,5-9,12-13,16-19,28-31,36,41-45,47,50-51,53-56,58-60,62-74H2,1-4H3,(H,87,88)(H,89,90)/b14-10-,15-11-,24-20-,25-21-,26-22-,27-23-,35-32-,38-37-,39-33-,40-34-,49-46-,52-48-,61-57-. The van der Waals surface area contributed by atoms with E-state index in [0.717, 1.165) is 154 Å². The number of aliphatic hydroxyl groups excluding tert-OH is 1. The van der Waals surface area contributed by atoms with Gasteiger partial charge in [-0.2, -0.15) is 0 Å². The predicted molar refractivity (Wildman–Crippen MR) is 408 cm³/mol. The maximum absolute atomic E-state index is 13.1. The van der Waals surface area contributed by atoms with Gasteiger partial charge in [-0.15, -0.1) is 0 Å². The van der Waals surface area contributed by atoms with Crippen molar-refractivity contribution < 1.29 is 80.2 Å². The van der Waals surface area contributed by atoms with Crippen LogP contribution in [0.2, 0.25) is 0 Å². The zero-order valence-corrected chi connectivity index (χ0v) is 63.6. The predicted octanol–water partition coefficient (Wildman–Crippen LogP) is 21.7. The average Bonchev–Trinajstić information content (AvgIpc) is 0.966. The number of phosphoric ester groups is 2. The van der Waals surface area contributed by atoms with E-state index >= 15 is 0 Å². The molecule has 100 heavy (non-hydrogen) atoms. The highest BCUT2D eigenvalue weighted by molar-refractivity contribution is 7.47. The molecule has 3 N–H and O–H groups in total. The summed E-state index contributed by atoms with van der Waals surface area (Å²) in [6.45, 7) is 4.36. The number of aliphatic hydroxyl groups is 1. The summed E-state index contributed by atoms with van der Waals surface area (Å²) in [5.41, 5.74) is 0. The molecule has 568 valence electrons. The van der Waals surface area contributed by atoms with Crippen molar-refractivity contribution in [3.63, 3.8) is 0 Å². The molecule has 0 aromatic heterocycles. The van der Waals surface area contributed by atoms with Gasteiger partial charge in [0.1, 0.15) is 19.3 Å². The molecule has 0 fully saturated rings. The van der Waals surface area contributed by atoms with Crippen LogP contribution in [0.3, 0.4) is 0 Å². The summed E-state index contributed by atoms with van der Waals surface area (Å²) in [6.07, 6.45) is 82.8. The van der Waals surface area contributed by atoms with Crippen LogP contribution in [0.4, 0.5) is 0 Å². The normalized spacial score (nSPS) is 14.8. The Morgan fingerprint density at radius 2 is 0.570 bits per heavy atom. The second kappa shape index (κ2) is 72.0. The zero-order chi connectivity index (χ0) is 73.2. The van der Waals surface area contributed by atoms with Gasteiger partial charge >= 0.3 is 39.5 Å². The highest BCUT2D eigenvalue weighted by Crippen LogP contribution is 2.45. The van der Waals surface area contributed by atoms with Crippen LogP contribution in [0.15, 0.2) is 158 Å². The molecule has 0 saturated heterocycles. The number of esters is 4. The second-order valence-electron chi connectivity index (χ2n) is 24.5. The molecule has 0 aliphatic carbocycles. The van der Waals surface area contributed by atoms with Crippen LogP contribution in [-0.4, -0.2) is 96.7 Å². The number of rotatable bonds is 69. The number of unbranched alkanes of at least 4 members (excludes halogenated alkanes) is 18. The summed E-state index contributed by atoms with van der Waals surface area (Å²) < 4.78 is 68.2. The van der Waals surface area contributed by atoms with Crippen LogP contribution in [-0.2, 0) is 65.4 Å². The number of allylic oxidation sites excluding steroid dienone is 25. The third-order valence-corrected chi connectivity index (χ3v) is 16.9. The van der Waals surface area contributed by atoms with E-state index in [-0.39, 0.29) is 25.7 Å². The summed E-state index contributed by atoms with van der Waals surface area (Å²) >= 11 is 0. The lowest BCUT2D eigenvalue weighted by Gasteiger charge is -2.21. The first kappa shape index (κ1) is 94.7. The molecule has 0 aromatic carbocycles. The summed E-state index contributed by atoms with van der Waals surface area (Å²) in [4.78, 5) is 72.7. The fraction of sp³-hybridized carbons (Fsp3) is 0.630. The average molecular weight is 1440 g/mol. The minimum atomic E-state index is -5.01. The molecular formula is C81H132O17P2. The van der Waals surface area contributed by atoms with Crippen molar-refractivity contribution in [2.24, 2.45) is 0 Å². The number of carbonyl (C=O) groups excluding carboxylic acids is 4. The van der Waals surface area contributed by atoms with Gasteiger partial charge in [0.05, 0.1) is 32.8 Å². The van der Waals surface area contributed by atoms with E-state index in [0.29, 0.717) is 32.1 Å². The first-order valence-corrected chi connectivity index (χ1v) is 40.7. The molecule has 0 spiro atoms. The van der Waals surface area contributed by atoms with Gasteiger partial charge in [0, 0.05) is 19.3 Å². The molecule has 0 rings (SSSR count). The molecular weight excluding hydrogens is 1310 g/mol. The zero-order valence-electron chi connectivity index (χ0n) is 61.8. The van der Waals surface area contributed by atoms with Crippen LogP contribution in [0, 0.1) is 0 Å². The van der Waals surface area contributed by atoms with E-state index in [1.54, 1.807) is 6.08 Å². The van der Waals surface area contributed by atoms with Crippen molar-refractivity contribution in [1.82, 2.24) is 0 Å². The SMILES string of the molecule is CC/C=C\C/C=C\C/C=C\C/C=C\C/C=C\CC(=O)OCC(COP(=O)(O)OCC(O)COP(=O)(O)OCC(COC(=O)CCCCCCCC/C=C\C/C=C\C/C=C\CCCCC)OC(=O)CCCCCCC/C=C\CCCC)OC(=O)CCCC/C=C\C/C=C\C/C=C\C/C=C\CC. The van der Waals surface area contributed by atoms with E-state index in [4.69, 9.17) is 37.0 Å². The lowest BCUT2D eigenvalue weighted by atomic mass is 10.1. The fourth-order valence-corrected chi connectivity index (χ4v) is 10.8. The molecule has 0 aliphatic heterocycles. The Morgan fingerprint density at radius 3 is 0.950 bits per heavy atom. The number of hydrogen-bond acceptors (Lipinski definition) is 15. The number of ether oxygens (including phenoxy) is 4. The van der Waals surface area contributed by atoms with Crippen molar-refractivity contribution in [1.29, 1.82) is 0 Å². The molecule has 0 radical (unpaired) electrons. The number of hydrogen-bond donors (Lipinski definition) is 3. The number of carbonyl (C=O) groups is 4. The van der Waals surface area contributed by atoms with Crippen LogP contribution in [0.1, 0.15) is 272 Å². The fourth-order valence-electron chi connectivity index (χ4n) is 9.27. The summed E-state index contributed by atoms with van der Waals surface area (Å²) in [6, 6.07) is 0. The topological polar surface area (TPSA) is 237 Å². The highest BCUT2D eigenvalue weighted by atomic mass is 31.2. The Kier molecular flexibility index (Phi) is 68.2. The van der Waals surface area contributed by atoms with Gasteiger partial charge in [0.2, 0.25) is 0 Å². The van der Waals surface area contributed by atoms with Crippen molar-refractivity contribution in [2.75, 3.05) is 39.6 Å². The van der Waals surface area contributed by atoms with E-state index < -0.39 is 97.5 Å². The minimum absolute atomic E-state index is 0.0176. The monoisotopic (exact) mass is 1440 g/mol. The molecule has 0 saturated carbocycles. The van der Waals surface area contributed by atoms with Gasteiger partial charge in [0.25, 0.3) is 0 Å². The Balaban J connectivity index is 5.43. The van der Waals surface area contributed by atoms with Crippen LogP contribution in [0.5, 0.6) is 0 Å². The van der Waals surface area contributed by atoms with Gasteiger partial charge in [-0.05, 0) is 148 Å². The van der Waals surface area contributed by atoms with E-state index in [1.807, 2.05) is 24.3 Å². The summed E-state index contributed by atoms with van der Waals surface area (Å²) in [7, 11) is -10.0. The lowest BCUT2D eigenvalue weighted by molar-refractivity contribution is -0.161. The maximum Gasteiger partial charge on any atom is 0.472 e. The molecule has 0 aromatic rings. The molecule has 5 unspecified atom stereocenters. The summed E-state index contributed by atoms with van der Waals surface area (Å²) in [5, 5.41) is 10.6. The molecule has 0 amide bonds. The molecule has 5 atom stereocenters. The van der Waals surface area contributed by atoms with E-state index in [1.165, 1.54) is 32.1 Å². The number of phosphoric acid groups is 2. The minimum Gasteiger partial charge on any atom is -0.462 e. The lowest BCUT2D eigenvalue weighted by Crippen LogP contribution is -2.30. The first-order chi connectivity index (χ1) is 48.7. The van der Waals surface area contributed by atoms with Crippen LogP contribution >= 0.6 is 15.6 Å². The van der Waals surface area contributed by atoms with Crippen molar-refractivity contribution in [3.8, 4) is 0 Å². The Hall–Kier alpha value is -5.32. The van der Waals surface area contributed by atoms with Gasteiger partial charge in [-0.3, -0.25) is 37.3 Å². The van der Waals surface area contributed by atoms with Crippen molar-refractivity contribution >= 4 is 39.5 Å². The van der Waals surface area contributed by atoms with Gasteiger partial charge in [-0.1, -0.05) is 256 Å². The summed E-state index contributed by atoms with van der Waals surface area (Å²) in [5.74, 6) is -2.41. The second-order valence-corrected chi connectivity index (χ2v) is 27.4. The van der Waals surface area contributed by atoms with E-state index in [2.05, 4.69) is 155 Å². The molecule has 0 aliphatic rings. The van der Waals surface area contributed by atoms with Gasteiger partial charge in [-0.25, -0.2) is 9.13 Å². The Bertz CT molecular complexity index is 2520.